The first-order chi connectivity index (χ1) is 5.27. The molecule has 0 aromatic heterocycles. The Morgan fingerprint density at radius 1 is 1.55 bits per heavy atom. The summed E-state index contributed by atoms with van der Waals surface area (Å²) < 4.78 is 5.88. The second-order valence-corrected chi connectivity index (χ2v) is 2.84. The summed E-state index contributed by atoms with van der Waals surface area (Å²) in [6.45, 7) is 0. The SMILES string of the molecule is C#Cc1ccc(OC)cc1Br. The van der Waals surface area contributed by atoms with Crippen molar-refractivity contribution in [3.05, 3.63) is 28.2 Å². The van der Waals surface area contributed by atoms with Gasteiger partial charge in [-0.3, -0.25) is 0 Å². The van der Waals surface area contributed by atoms with Gasteiger partial charge in [-0.1, -0.05) is 5.92 Å². The van der Waals surface area contributed by atoms with E-state index in [-0.39, 0.29) is 0 Å². The minimum atomic E-state index is 0.802. The first-order valence-electron chi connectivity index (χ1n) is 3.08. The lowest BCUT2D eigenvalue weighted by Crippen LogP contribution is -1.83. The first-order valence-corrected chi connectivity index (χ1v) is 3.87. The van der Waals surface area contributed by atoms with E-state index in [0.717, 1.165) is 15.8 Å². The van der Waals surface area contributed by atoms with Gasteiger partial charge < -0.3 is 4.74 Å². The molecule has 0 unspecified atom stereocenters. The monoisotopic (exact) mass is 210 g/mol. The van der Waals surface area contributed by atoms with Crippen LogP contribution in [-0.4, -0.2) is 7.11 Å². The number of halogens is 1. The average molecular weight is 211 g/mol. The molecule has 0 fully saturated rings. The van der Waals surface area contributed by atoms with Gasteiger partial charge in [0, 0.05) is 10.0 Å². The lowest BCUT2D eigenvalue weighted by Gasteiger charge is -2.00. The molecule has 11 heavy (non-hydrogen) atoms. The van der Waals surface area contributed by atoms with Crippen LogP contribution >= 0.6 is 15.9 Å². The van der Waals surface area contributed by atoms with Crippen molar-refractivity contribution < 1.29 is 4.74 Å². The topological polar surface area (TPSA) is 9.23 Å². The molecule has 1 aromatic rings. The average Bonchev–Trinajstić information content (AvgIpc) is 2.04. The minimum absolute atomic E-state index is 0.802. The molecule has 0 saturated carbocycles. The predicted octanol–water partition coefficient (Wildman–Crippen LogP) is 2.44. The Kier molecular flexibility index (Phi) is 2.56. The fraction of sp³-hybridized carbons (Fsp3) is 0.111. The zero-order chi connectivity index (χ0) is 8.27. The van der Waals surface area contributed by atoms with E-state index in [1.54, 1.807) is 7.11 Å². The Bertz CT molecular complexity index is 299. The number of rotatable bonds is 1. The number of methoxy groups -OCH3 is 1. The predicted molar refractivity (Wildman–Crippen MR) is 48.6 cm³/mol. The summed E-state index contributed by atoms with van der Waals surface area (Å²) in [7, 11) is 1.62. The fourth-order valence-electron chi connectivity index (χ4n) is 0.740. The van der Waals surface area contributed by atoms with Crippen LogP contribution in [0.1, 0.15) is 5.56 Å². The van der Waals surface area contributed by atoms with E-state index < -0.39 is 0 Å². The summed E-state index contributed by atoms with van der Waals surface area (Å²) in [6, 6.07) is 5.51. The van der Waals surface area contributed by atoms with E-state index in [9.17, 15) is 0 Å². The third-order valence-electron chi connectivity index (χ3n) is 1.33. The molecule has 1 aromatic carbocycles. The van der Waals surface area contributed by atoms with Gasteiger partial charge in [0.05, 0.1) is 7.11 Å². The second kappa shape index (κ2) is 3.45. The lowest BCUT2D eigenvalue weighted by atomic mass is 10.2. The molecular weight excluding hydrogens is 204 g/mol. The van der Waals surface area contributed by atoms with Crippen molar-refractivity contribution in [1.82, 2.24) is 0 Å². The Morgan fingerprint density at radius 3 is 2.73 bits per heavy atom. The van der Waals surface area contributed by atoms with Crippen molar-refractivity contribution in [2.45, 2.75) is 0 Å². The zero-order valence-electron chi connectivity index (χ0n) is 6.10. The van der Waals surface area contributed by atoms with Crippen molar-refractivity contribution in [1.29, 1.82) is 0 Å². The molecule has 0 radical (unpaired) electrons. The quantitative estimate of drug-likeness (QED) is 0.648. The van der Waals surface area contributed by atoms with Crippen molar-refractivity contribution in [2.24, 2.45) is 0 Å². The third-order valence-corrected chi connectivity index (χ3v) is 1.99. The van der Waals surface area contributed by atoms with Gasteiger partial charge in [0.1, 0.15) is 5.75 Å². The van der Waals surface area contributed by atoms with E-state index in [0.29, 0.717) is 0 Å². The van der Waals surface area contributed by atoms with E-state index in [4.69, 9.17) is 11.2 Å². The van der Waals surface area contributed by atoms with E-state index in [1.807, 2.05) is 18.2 Å². The van der Waals surface area contributed by atoms with Crippen LogP contribution in [0.5, 0.6) is 5.75 Å². The molecule has 0 aliphatic carbocycles. The van der Waals surface area contributed by atoms with Crippen molar-refractivity contribution in [3.63, 3.8) is 0 Å². The summed E-state index contributed by atoms with van der Waals surface area (Å²) >= 11 is 3.33. The molecule has 0 spiro atoms. The molecule has 0 atom stereocenters. The molecule has 0 heterocycles. The molecule has 0 bridgehead atoms. The van der Waals surface area contributed by atoms with Crippen LogP contribution in [0.25, 0.3) is 0 Å². The summed E-state index contributed by atoms with van der Waals surface area (Å²) in [5.41, 5.74) is 0.839. The highest BCUT2D eigenvalue weighted by Gasteiger charge is 1.97. The van der Waals surface area contributed by atoms with Crippen LogP contribution in [0.15, 0.2) is 22.7 Å². The van der Waals surface area contributed by atoms with E-state index in [2.05, 4.69) is 21.9 Å². The zero-order valence-corrected chi connectivity index (χ0v) is 7.68. The van der Waals surface area contributed by atoms with Gasteiger partial charge in [-0.2, -0.15) is 0 Å². The lowest BCUT2D eigenvalue weighted by molar-refractivity contribution is 0.414. The largest absolute Gasteiger partial charge is 0.497 e. The van der Waals surface area contributed by atoms with Gasteiger partial charge in [0.2, 0.25) is 0 Å². The van der Waals surface area contributed by atoms with Gasteiger partial charge in [-0.15, -0.1) is 6.42 Å². The van der Waals surface area contributed by atoms with Gasteiger partial charge in [-0.25, -0.2) is 0 Å². The van der Waals surface area contributed by atoms with Gasteiger partial charge in [-0.05, 0) is 34.1 Å². The van der Waals surface area contributed by atoms with Crippen molar-refractivity contribution >= 4 is 15.9 Å². The van der Waals surface area contributed by atoms with Crippen molar-refractivity contribution in [3.8, 4) is 18.1 Å². The molecule has 1 rings (SSSR count). The summed E-state index contributed by atoms with van der Waals surface area (Å²) in [5, 5.41) is 0. The molecule has 1 nitrogen and oxygen atoms in total. The highest BCUT2D eigenvalue weighted by molar-refractivity contribution is 9.10. The Hall–Kier alpha value is -0.940. The smallest absolute Gasteiger partial charge is 0.120 e. The molecule has 0 aliphatic rings. The highest BCUT2D eigenvalue weighted by atomic mass is 79.9. The highest BCUT2D eigenvalue weighted by Crippen LogP contribution is 2.21. The minimum Gasteiger partial charge on any atom is -0.497 e. The van der Waals surface area contributed by atoms with Crippen LogP contribution in [0.2, 0.25) is 0 Å². The fourth-order valence-corrected chi connectivity index (χ4v) is 1.21. The molecule has 0 saturated heterocycles. The van der Waals surface area contributed by atoms with Crippen molar-refractivity contribution in [2.75, 3.05) is 7.11 Å². The first kappa shape index (κ1) is 8.16. The number of ether oxygens (including phenoxy) is 1. The van der Waals surface area contributed by atoms with Gasteiger partial charge in [0.15, 0.2) is 0 Å². The third kappa shape index (κ3) is 1.75. The molecular formula is C9H7BrO. The summed E-state index contributed by atoms with van der Waals surface area (Å²) in [4.78, 5) is 0. The normalized spacial score (nSPS) is 8.82. The van der Waals surface area contributed by atoms with Gasteiger partial charge >= 0.3 is 0 Å². The molecule has 0 amide bonds. The molecule has 2 heteroatoms. The second-order valence-electron chi connectivity index (χ2n) is 1.99. The maximum absolute atomic E-state index is 5.22. The Morgan fingerprint density at radius 2 is 2.27 bits per heavy atom. The van der Waals surface area contributed by atoms with E-state index >= 15 is 0 Å². The summed E-state index contributed by atoms with van der Waals surface area (Å²) in [6.07, 6.45) is 5.22. The maximum atomic E-state index is 5.22. The van der Waals surface area contributed by atoms with Crippen LogP contribution < -0.4 is 4.74 Å². The van der Waals surface area contributed by atoms with Crippen LogP contribution in [-0.2, 0) is 0 Å². The number of hydrogen-bond acceptors (Lipinski definition) is 1. The van der Waals surface area contributed by atoms with Crippen LogP contribution in [0.4, 0.5) is 0 Å². The Labute approximate surface area is 74.5 Å². The molecule has 0 N–H and O–H groups in total. The molecule has 56 valence electrons. The van der Waals surface area contributed by atoms with Crippen LogP contribution in [0.3, 0.4) is 0 Å². The number of hydrogen-bond donors (Lipinski definition) is 0. The van der Waals surface area contributed by atoms with E-state index in [1.165, 1.54) is 0 Å². The molecule has 0 aliphatic heterocycles. The standard InChI is InChI=1S/C9H7BrO/c1-3-7-4-5-8(11-2)6-9(7)10/h1,4-6H,2H3. The van der Waals surface area contributed by atoms with Crippen LogP contribution in [0, 0.1) is 12.3 Å². The number of terminal acetylenes is 1. The summed E-state index contributed by atoms with van der Waals surface area (Å²) in [5.74, 6) is 3.35. The van der Waals surface area contributed by atoms with Gasteiger partial charge in [0.25, 0.3) is 0 Å². The maximum Gasteiger partial charge on any atom is 0.120 e. The number of benzene rings is 1. The Balaban J connectivity index is 3.12.